The van der Waals surface area contributed by atoms with Gasteiger partial charge in [0.2, 0.25) is 5.75 Å². The topological polar surface area (TPSA) is 115 Å². The molecule has 30 heavy (non-hydrogen) atoms. The molecule has 0 spiro atoms. The molecule has 0 aliphatic heterocycles. The van der Waals surface area contributed by atoms with Gasteiger partial charge in [-0.25, -0.2) is 4.39 Å². The van der Waals surface area contributed by atoms with Gasteiger partial charge in [-0.1, -0.05) is 0 Å². The van der Waals surface area contributed by atoms with Crippen LogP contribution in [-0.2, 0) is 4.79 Å². The quantitative estimate of drug-likeness (QED) is 0.585. The summed E-state index contributed by atoms with van der Waals surface area (Å²) in [4.78, 5) is 36.7. The zero-order valence-electron chi connectivity index (χ0n) is 16.9. The van der Waals surface area contributed by atoms with Crippen molar-refractivity contribution in [1.82, 2.24) is 16.2 Å². The average molecular weight is 419 g/mol. The van der Waals surface area contributed by atoms with Gasteiger partial charge in [0, 0.05) is 11.1 Å². The molecule has 1 atom stereocenters. The van der Waals surface area contributed by atoms with Crippen molar-refractivity contribution in [1.29, 1.82) is 0 Å². The van der Waals surface area contributed by atoms with Crippen LogP contribution in [0.4, 0.5) is 4.39 Å². The van der Waals surface area contributed by atoms with E-state index in [0.29, 0.717) is 5.75 Å². The summed E-state index contributed by atoms with van der Waals surface area (Å²) in [6.07, 6.45) is 0. The molecule has 160 valence electrons. The molecule has 0 aliphatic carbocycles. The van der Waals surface area contributed by atoms with Crippen LogP contribution in [0, 0.1) is 5.82 Å². The molecule has 0 fully saturated rings. The molecule has 0 heterocycles. The first-order valence-electron chi connectivity index (χ1n) is 8.77. The minimum Gasteiger partial charge on any atom is -0.493 e. The predicted molar refractivity (Wildman–Crippen MR) is 105 cm³/mol. The molecule has 0 saturated carbocycles. The van der Waals surface area contributed by atoms with Crippen molar-refractivity contribution in [2.75, 3.05) is 21.3 Å². The van der Waals surface area contributed by atoms with Crippen molar-refractivity contribution >= 4 is 17.7 Å². The second-order valence-corrected chi connectivity index (χ2v) is 6.06. The fourth-order valence-electron chi connectivity index (χ4n) is 2.46. The summed E-state index contributed by atoms with van der Waals surface area (Å²) in [6.45, 7) is 1.44. The Labute approximate surface area is 172 Å². The van der Waals surface area contributed by atoms with Gasteiger partial charge in [0.25, 0.3) is 17.7 Å². The maximum atomic E-state index is 12.9. The number of halogens is 1. The number of carbonyl (C=O) groups is 3. The van der Waals surface area contributed by atoms with Gasteiger partial charge in [0.15, 0.2) is 11.5 Å². The SMILES string of the molecule is COc1cc(C(=O)N[C@@H](C)C(=O)NNC(=O)c2ccc(F)cc2)cc(OC)c1OC. The van der Waals surface area contributed by atoms with Gasteiger partial charge in [0.1, 0.15) is 11.9 Å². The fourth-order valence-corrected chi connectivity index (χ4v) is 2.46. The van der Waals surface area contributed by atoms with E-state index < -0.39 is 29.6 Å². The van der Waals surface area contributed by atoms with Crippen molar-refractivity contribution in [3.8, 4) is 17.2 Å². The highest BCUT2D eigenvalue weighted by molar-refractivity contribution is 5.99. The van der Waals surface area contributed by atoms with Crippen molar-refractivity contribution in [2.45, 2.75) is 13.0 Å². The number of hydrogen-bond acceptors (Lipinski definition) is 6. The zero-order chi connectivity index (χ0) is 22.3. The van der Waals surface area contributed by atoms with Gasteiger partial charge < -0.3 is 19.5 Å². The number of hydrogen-bond donors (Lipinski definition) is 3. The van der Waals surface area contributed by atoms with Crippen molar-refractivity contribution in [2.24, 2.45) is 0 Å². The molecular weight excluding hydrogens is 397 g/mol. The van der Waals surface area contributed by atoms with Crippen LogP contribution >= 0.6 is 0 Å². The number of benzene rings is 2. The minimum atomic E-state index is -0.981. The smallest absolute Gasteiger partial charge is 0.269 e. The van der Waals surface area contributed by atoms with E-state index in [0.717, 1.165) is 12.1 Å². The second kappa shape index (κ2) is 10.1. The molecule has 0 unspecified atom stereocenters. The van der Waals surface area contributed by atoms with Gasteiger partial charge in [-0.3, -0.25) is 25.2 Å². The molecule has 0 radical (unpaired) electrons. The lowest BCUT2D eigenvalue weighted by molar-refractivity contribution is -0.123. The lowest BCUT2D eigenvalue weighted by atomic mass is 10.1. The molecule has 0 bridgehead atoms. The zero-order valence-corrected chi connectivity index (χ0v) is 16.9. The van der Waals surface area contributed by atoms with Crippen molar-refractivity contribution < 1.29 is 33.0 Å². The monoisotopic (exact) mass is 419 g/mol. The highest BCUT2D eigenvalue weighted by Gasteiger charge is 2.21. The Morgan fingerprint density at radius 1 is 0.833 bits per heavy atom. The molecule has 9 nitrogen and oxygen atoms in total. The van der Waals surface area contributed by atoms with E-state index in [9.17, 15) is 18.8 Å². The Morgan fingerprint density at radius 3 is 1.90 bits per heavy atom. The fraction of sp³-hybridized carbons (Fsp3) is 0.250. The highest BCUT2D eigenvalue weighted by Crippen LogP contribution is 2.38. The standard InChI is InChI=1S/C20H22FN3O6/c1-11(18(25)23-24-20(27)12-5-7-14(21)8-6-12)22-19(26)13-9-15(28-2)17(30-4)16(10-13)29-3/h5-11H,1-4H3,(H,22,26)(H,23,25)(H,24,27)/t11-/m0/s1. The van der Waals surface area contributed by atoms with Gasteiger partial charge in [-0.05, 0) is 43.3 Å². The number of hydrazine groups is 1. The van der Waals surface area contributed by atoms with Crippen LogP contribution in [0.25, 0.3) is 0 Å². The highest BCUT2D eigenvalue weighted by atomic mass is 19.1. The molecule has 0 saturated heterocycles. The number of methoxy groups -OCH3 is 3. The summed E-state index contributed by atoms with van der Waals surface area (Å²) >= 11 is 0. The van der Waals surface area contributed by atoms with Crippen molar-refractivity contribution in [3.05, 3.63) is 53.3 Å². The first kappa shape index (κ1) is 22.5. The van der Waals surface area contributed by atoms with Crippen LogP contribution in [0.3, 0.4) is 0 Å². The van der Waals surface area contributed by atoms with Crippen LogP contribution in [-0.4, -0.2) is 45.1 Å². The summed E-state index contributed by atoms with van der Waals surface area (Å²) in [5.74, 6) is -1.46. The Hall–Kier alpha value is -3.82. The maximum absolute atomic E-state index is 12.9. The van der Waals surface area contributed by atoms with E-state index in [2.05, 4.69) is 16.2 Å². The lowest BCUT2D eigenvalue weighted by Gasteiger charge is -2.17. The second-order valence-electron chi connectivity index (χ2n) is 6.06. The van der Waals surface area contributed by atoms with Crippen molar-refractivity contribution in [3.63, 3.8) is 0 Å². The van der Waals surface area contributed by atoms with Crippen LogP contribution in [0.2, 0.25) is 0 Å². The lowest BCUT2D eigenvalue weighted by Crippen LogP contribution is -2.51. The molecule has 10 heteroatoms. The summed E-state index contributed by atoms with van der Waals surface area (Å²) in [7, 11) is 4.27. The van der Waals surface area contributed by atoms with Gasteiger partial charge in [-0.15, -0.1) is 0 Å². The first-order valence-corrected chi connectivity index (χ1v) is 8.77. The number of amides is 3. The molecule has 0 aromatic heterocycles. The minimum absolute atomic E-state index is 0.158. The molecule has 2 rings (SSSR count). The van der Waals surface area contributed by atoms with Gasteiger partial charge in [0.05, 0.1) is 21.3 Å². The van der Waals surface area contributed by atoms with E-state index in [1.807, 2.05) is 0 Å². The molecule has 2 aromatic carbocycles. The number of nitrogens with one attached hydrogen (secondary N) is 3. The number of carbonyl (C=O) groups excluding carboxylic acids is 3. The van der Waals surface area contributed by atoms with E-state index in [4.69, 9.17) is 14.2 Å². The van der Waals surface area contributed by atoms with E-state index in [1.165, 1.54) is 52.5 Å². The Balaban J connectivity index is 2.00. The maximum Gasteiger partial charge on any atom is 0.269 e. The molecule has 0 aliphatic rings. The van der Waals surface area contributed by atoms with Crippen LogP contribution in [0.5, 0.6) is 17.2 Å². The van der Waals surface area contributed by atoms with Crippen LogP contribution in [0.15, 0.2) is 36.4 Å². The average Bonchev–Trinajstić information content (AvgIpc) is 2.76. The van der Waals surface area contributed by atoms with E-state index in [1.54, 1.807) is 0 Å². The summed E-state index contributed by atoms with van der Waals surface area (Å²) in [5, 5.41) is 2.50. The Morgan fingerprint density at radius 2 is 1.40 bits per heavy atom. The summed E-state index contributed by atoms with van der Waals surface area (Å²) in [5.41, 5.74) is 4.73. The largest absolute Gasteiger partial charge is 0.493 e. The third-order valence-corrected chi connectivity index (χ3v) is 4.07. The Kier molecular flexibility index (Phi) is 7.56. The summed E-state index contributed by atoms with van der Waals surface area (Å²) < 4.78 is 28.5. The first-order chi connectivity index (χ1) is 14.3. The van der Waals surface area contributed by atoms with Crippen LogP contribution in [0.1, 0.15) is 27.6 Å². The van der Waals surface area contributed by atoms with Gasteiger partial charge >= 0.3 is 0 Å². The molecule has 3 amide bonds. The third-order valence-electron chi connectivity index (χ3n) is 4.07. The van der Waals surface area contributed by atoms with E-state index >= 15 is 0 Å². The normalized spacial score (nSPS) is 11.1. The molecule has 2 aromatic rings. The van der Waals surface area contributed by atoms with E-state index in [-0.39, 0.29) is 22.6 Å². The number of ether oxygens (including phenoxy) is 3. The molecule has 3 N–H and O–H groups in total. The third kappa shape index (κ3) is 5.37. The van der Waals surface area contributed by atoms with Crippen LogP contribution < -0.4 is 30.4 Å². The van der Waals surface area contributed by atoms with Gasteiger partial charge in [-0.2, -0.15) is 0 Å². The summed E-state index contributed by atoms with van der Waals surface area (Å²) in [6, 6.07) is 6.69. The predicted octanol–water partition coefficient (Wildman–Crippen LogP) is 1.43. The Bertz CT molecular complexity index is 908. The molecular formula is C20H22FN3O6. The number of rotatable bonds is 7.